The third-order valence-corrected chi connectivity index (χ3v) is 6.70. The van der Waals surface area contributed by atoms with E-state index in [4.69, 9.17) is 23.2 Å². The Labute approximate surface area is 209 Å². The molecule has 1 fully saturated rings. The van der Waals surface area contributed by atoms with Crippen LogP contribution in [0.4, 0.5) is 5.69 Å². The molecule has 0 spiro atoms. The molecule has 0 bridgehead atoms. The Hall–Kier alpha value is -3.12. The summed E-state index contributed by atoms with van der Waals surface area (Å²) in [5.74, 6) is 0.0642. The van der Waals surface area contributed by atoms with Gasteiger partial charge in [0.25, 0.3) is 0 Å². The molecule has 1 atom stereocenters. The standard InChI is InChI=1S/C27H24Cl2N4O/c28-22-4-1-3-21(14-22)20-9-7-19(8-10-20)13-26(25-16-30-18-31-25)32-11-12-33(27(34)17-32)24-6-2-5-23(29)15-24/h1-10,14-16,18,26H,11-13,17H2,(H,30,31). The maximum absolute atomic E-state index is 13.1. The van der Waals surface area contributed by atoms with Crippen LogP contribution in [0.15, 0.2) is 85.3 Å². The number of piperazine rings is 1. The molecule has 1 aliphatic heterocycles. The van der Waals surface area contributed by atoms with Gasteiger partial charge in [0.15, 0.2) is 0 Å². The first-order chi connectivity index (χ1) is 16.6. The topological polar surface area (TPSA) is 52.2 Å². The number of nitrogens with zero attached hydrogens (tertiary/aromatic N) is 3. The summed E-state index contributed by atoms with van der Waals surface area (Å²) >= 11 is 12.3. The summed E-state index contributed by atoms with van der Waals surface area (Å²) < 4.78 is 0. The SMILES string of the molecule is O=C1CN(C(Cc2ccc(-c3cccc(Cl)c3)cc2)c2cnc[nH]2)CCN1c1cccc(Cl)c1. The number of anilines is 1. The van der Waals surface area contributed by atoms with Crippen LogP contribution in [0.25, 0.3) is 11.1 Å². The molecule has 1 unspecified atom stereocenters. The van der Waals surface area contributed by atoms with Crippen LogP contribution in [0.1, 0.15) is 17.3 Å². The van der Waals surface area contributed by atoms with E-state index >= 15 is 0 Å². The number of aromatic nitrogens is 2. The summed E-state index contributed by atoms with van der Waals surface area (Å²) in [5, 5.41) is 1.35. The smallest absolute Gasteiger partial charge is 0.241 e. The van der Waals surface area contributed by atoms with E-state index in [0.29, 0.717) is 18.1 Å². The fraction of sp³-hybridized carbons (Fsp3) is 0.185. The molecule has 1 aliphatic rings. The molecule has 1 N–H and O–H groups in total. The molecular weight excluding hydrogens is 467 g/mol. The zero-order chi connectivity index (χ0) is 23.5. The normalized spacial score (nSPS) is 15.5. The van der Waals surface area contributed by atoms with Crippen molar-refractivity contribution in [3.8, 4) is 11.1 Å². The van der Waals surface area contributed by atoms with E-state index in [9.17, 15) is 4.79 Å². The van der Waals surface area contributed by atoms with Crippen molar-refractivity contribution in [2.45, 2.75) is 12.5 Å². The lowest BCUT2D eigenvalue weighted by molar-refractivity contribution is -0.122. The van der Waals surface area contributed by atoms with E-state index in [1.165, 1.54) is 5.56 Å². The van der Waals surface area contributed by atoms with Crippen LogP contribution in [0.3, 0.4) is 0 Å². The molecule has 5 nitrogen and oxygen atoms in total. The minimum Gasteiger partial charge on any atom is -0.347 e. The third-order valence-electron chi connectivity index (χ3n) is 6.23. The maximum Gasteiger partial charge on any atom is 0.241 e. The predicted octanol–water partition coefficient (Wildman–Crippen LogP) is 6.02. The number of H-pyrrole nitrogens is 1. The van der Waals surface area contributed by atoms with E-state index in [-0.39, 0.29) is 11.9 Å². The Bertz CT molecular complexity index is 1270. The van der Waals surface area contributed by atoms with Gasteiger partial charge < -0.3 is 9.88 Å². The molecule has 1 saturated heterocycles. The van der Waals surface area contributed by atoms with Crippen LogP contribution < -0.4 is 4.90 Å². The fourth-order valence-electron chi connectivity index (χ4n) is 4.48. The molecule has 1 aromatic heterocycles. The Morgan fingerprint density at radius 2 is 1.68 bits per heavy atom. The van der Waals surface area contributed by atoms with E-state index in [1.807, 2.05) is 53.6 Å². The van der Waals surface area contributed by atoms with E-state index in [0.717, 1.165) is 40.5 Å². The van der Waals surface area contributed by atoms with Gasteiger partial charge >= 0.3 is 0 Å². The van der Waals surface area contributed by atoms with Crippen molar-refractivity contribution in [3.63, 3.8) is 0 Å². The van der Waals surface area contributed by atoms with E-state index in [2.05, 4.69) is 45.2 Å². The quantitative estimate of drug-likeness (QED) is 0.359. The van der Waals surface area contributed by atoms with Crippen molar-refractivity contribution in [2.24, 2.45) is 0 Å². The zero-order valence-electron chi connectivity index (χ0n) is 18.5. The third kappa shape index (κ3) is 5.02. The zero-order valence-corrected chi connectivity index (χ0v) is 20.0. The van der Waals surface area contributed by atoms with Crippen LogP contribution in [0.5, 0.6) is 0 Å². The molecule has 0 radical (unpaired) electrons. The second-order valence-electron chi connectivity index (χ2n) is 8.43. The number of carbonyl (C=O) groups excluding carboxylic acids is 1. The van der Waals surface area contributed by atoms with Crippen molar-refractivity contribution in [3.05, 3.63) is 107 Å². The van der Waals surface area contributed by atoms with E-state index in [1.54, 1.807) is 6.33 Å². The minimum absolute atomic E-state index is 0.0185. The first-order valence-corrected chi connectivity index (χ1v) is 12.0. The van der Waals surface area contributed by atoms with Gasteiger partial charge in [-0.1, -0.05) is 65.7 Å². The molecule has 2 heterocycles. The molecule has 0 saturated carbocycles. The maximum atomic E-state index is 13.1. The highest BCUT2D eigenvalue weighted by Crippen LogP contribution is 2.29. The van der Waals surface area contributed by atoms with Crippen molar-refractivity contribution in [2.75, 3.05) is 24.5 Å². The Morgan fingerprint density at radius 1 is 0.912 bits per heavy atom. The van der Waals surface area contributed by atoms with Gasteiger partial charge in [-0.15, -0.1) is 0 Å². The van der Waals surface area contributed by atoms with Gasteiger partial charge in [-0.25, -0.2) is 4.98 Å². The highest BCUT2D eigenvalue weighted by Gasteiger charge is 2.31. The first-order valence-electron chi connectivity index (χ1n) is 11.2. The number of nitrogens with one attached hydrogen (secondary N) is 1. The number of benzene rings is 3. The molecule has 34 heavy (non-hydrogen) atoms. The average molecular weight is 491 g/mol. The average Bonchev–Trinajstić information content (AvgIpc) is 3.37. The lowest BCUT2D eigenvalue weighted by Crippen LogP contribution is -2.51. The molecular formula is C27H24Cl2N4O. The minimum atomic E-state index is 0.0185. The number of hydrogen-bond donors (Lipinski definition) is 1. The number of rotatable bonds is 6. The summed E-state index contributed by atoms with van der Waals surface area (Å²) in [6, 6.07) is 23.8. The van der Waals surface area contributed by atoms with Gasteiger partial charge in [0, 0.05) is 35.0 Å². The van der Waals surface area contributed by atoms with Gasteiger partial charge in [0.1, 0.15) is 0 Å². The second kappa shape index (κ2) is 10.0. The molecule has 3 aromatic carbocycles. The summed E-state index contributed by atoms with van der Waals surface area (Å²) in [7, 11) is 0. The summed E-state index contributed by atoms with van der Waals surface area (Å²) in [6.45, 7) is 1.69. The van der Waals surface area contributed by atoms with E-state index < -0.39 is 0 Å². The highest BCUT2D eigenvalue weighted by atomic mass is 35.5. The summed E-state index contributed by atoms with van der Waals surface area (Å²) in [4.78, 5) is 24.6. The van der Waals surface area contributed by atoms with Gasteiger partial charge in [-0.2, -0.15) is 0 Å². The number of imidazole rings is 1. The lowest BCUT2D eigenvalue weighted by atomic mass is 9.98. The molecule has 172 valence electrons. The van der Waals surface area contributed by atoms with Gasteiger partial charge in [-0.05, 0) is 53.4 Å². The molecule has 1 amide bonds. The van der Waals surface area contributed by atoms with Gasteiger partial charge in [-0.3, -0.25) is 9.69 Å². The Balaban J connectivity index is 1.33. The monoisotopic (exact) mass is 490 g/mol. The largest absolute Gasteiger partial charge is 0.347 e. The summed E-state index contributed by atoms with van der Waals surface area (Å²) in [5.41, 5.74) is 5.24. The van der Waals surface area contributed by atoms with Crippen molar-refractivity contribution in [1.82, 2.24) is 14.9 Å². The van der Waals surface area contributed by atoms with Crippen LogP contribution in [-0.2, 0) is 11.2 Å². The number of amides is 1. The number of aromatic amines is 1. The Morgan fingerprint density at radius 3 is 2.35 bits per heavy atom. The lowest BCUT2D eigenvalue weighted by Gasteiger charge is -2.38. The van der Waals surface area contributed by atoms with Gasteiger partial charge in [0.2, 0.25) is 5.91 Å². The molecule has 5 rings (SSSR count). The number of hydrogen-bond acceptors (Lipinski definition) is 3. The summed E-state index contributed by atoms with van der Waals surface area (Å²) in [6.07, 6.45) is 4.30. The molecule has 0 aliphatic carbocycles. The second-order valence-corrected chi connectivity index (χ2v) is 9.30. The Kier molecular flexibility index (Phi) is 6.68. The van der Waals surface area contributed by atoms with Crippen molar-refractivity contribution >= 4 is 34.8 Å². The van der Waals surface area contributed by atoms with Crippen molar-refractivity contribution in [1.29, 1.82) is 0 Å². The van der Waals surface area contributed by atoms with Crippen LogP contribution in [-0.4, -0.2) is 40.4 Å². The highest BCUT2D eigenvalue weighted by molar-refractivity contribution is 6.31. The number of carbonyl (C=O) groups is 1. The molecule has 4 aromatic rings. The van der Waals surface area contributed by atoms with Crippen LogP contribution in [0, 0.1) is 0 Å². The first kappa shape index (κ1) is 22.7. The van der Waals surface area contributed by atoms with Crippen LogP contribution in [0.2, 0.25) is 10.0 Å². The van der Waals surface area contributed by atoms with Crippen LogP contribution >= 0.6 is 23.2 Å². The van der Waals surface area contributed by atoms with Crippen molar-refractivity contribution < 1.29 is 4.79 Å². The van der Waals surface area contributed by atoms with Gasteiger partial charge in [0.05, 0.1) is 24.6 Å². The number of halogens is 2. The predicted molar refractivity (Wildman–Crippen MR) is 137 cm³/mol. The molecule has 7 heteroatoms. The fourth-order valence-corrected chi connectivity index (χ4v) is 4.86.